The third kappa shape index (κ3) is 4.16. The third-order valence-electron chi connectivity index (χ3n) is 2.41. The molecule has 0 bridgehead atoms. The lowest BCUT2D eigenvalue weighted by Gasteiger charge is -2.06. The topological polar surface area (TPSA) is 97.5 Å². The molecule has 0 radical (unpaired) electrons. The first kappa shape index (κ1) is 13.7. The Bertz CT molecular complexity index is 493. The molecule has 0 spiro atoms. The fourth-order valence-electron chi connectivity index (χ4n) is 1.35. The van der Waals surface area contributed by atoms with Gasteiger partial charge in [0.1, 0.15) is 6.04 Å². The lowest BCUT2D eigenvalue weighted by atomic mass is 10.1. The number of aryl methyl sites for hydroxylation is 1. The summed E-state index contributed by atoms with van der Waals surface area (Å²) in [6, 6.07) is 5.48. The van der Waals surface area contributed by atoms with Crippen LogP contribution in [0.4, 0.5) is 0 Å². The van der Waals surface area contributed by atoms with Crippen molar-refractivity contribution in [2.75, 3.05) is 6.26 Å². The van der Waals surface area contributed by atoms with Crippen molar-refractivity contribution in [2.24, 2.45) is 5.73 Å². The molecular weight excluding hydrogens is 242 g/mol. The number of nitrogens with two attached hydrogens (primary N) is 1. The first-order chi connectivity index (χ1) is 7.80. The minimum Gasteiger partial charge on any atom is -0.480 e. The van der Waals surface area contributed by atoms with Crippen LogP contribution in [0.3, 0.4) is 0 Å². The van der Waals surface area contributed by atoms with E-state index in [4.69, 9.17) is 10.8 Å². The minimum absolute atomic E-state index is 0.254. The standard InChI is InChI=1S/C11H15NO4S/c1-17(15,16)9-5-2-8(3-6-9)4-7-10(12)11(13)14/h2-3,5-6,10H,4,7,12H2,1H3,(H,13,14). The quantitative estimate of drug-likeness (QED) is 0.797. The van der Waals surface area contributed by atoms with Gasteiger partial charge in [0.25, 0.3) is 0 Å². The molecule has 1 aromatic carbocycles. The molecule has 5 nitrogen and oxygen atoms in total. The predicted octanol–water partition coefficient (Wildman–Crippen LogP) is 0.435. The van der Waals surface area contributed by atoms with Crippen molar-refractivity contribution in [1.82, 2.24) is 0 Å². The van der Waals surface area contributed by atoms with E-state index in [1.54, 1.807) is 12.1 Å². The van der Waals surface area contributed by atoms with Gasteiger partial charge in [0.05, 0.1) is 4.90 Å². The van der Waals surface area contributed by atoms with E-state index >= 15 is 0 Å². The highest BCUT2D eigenvalue weighted by molar-refractivity contribution is 7.90. The van der Waals surface area contributed by atoms with Crippen molar-refractivity contribution < 1.29 is 18.3 Å². The average Bonchev–Trinajstić information content (AvgIpc) is 2.25. The monoisotopic (exact) mass is 257 g/mol. The van der Waals surface area contributed by atoms with Crippen LogP contribution in [0.2, 0.25) is 0 Å². The lowest BCUT2D eigenvalue weighted by molar-refractivity contribution is -0.138. The van der Waals surface area contributed by atoms with Crippen LogP contribution in [-0.4, -0.2) is 31.8 Å². The third-order valence-corrected chi connectivity index (χ3v) is 3.54. The number of aliphatic carboxylic acids is 1. The van der Waals surface area contributed by atoms with E-state index in [-0.39, 0.29) is 4.90 Å². The van der Waals surface area contributed by atoms with E-state index in [1.165, 1.54) is 12.1 Å². The summed E-state index contributed by atoms with van der Waals surface area (Å²) in [4.78, 5) is 10.8. The summed E-state index contributed by atoms with van der Waals surface area (Å²) in [6.07, 6.45) is 1.98. The maximum Gasteiger partial charge on any atom is 0.320 e. The van der Waals surface area contributed by atoms with E-state index in [9.17, 15) is 13.2 Å². The highest BCUT2D eigenvalue weighted by Crippen LogP contribution is 2.12. The van der Waals surface area contributed by atoms with Gasteiger partial charge in [-0.1, -0.05) is 12.1 Å². The molecule has 17 heavy (non-hydrogen) atoms. The summed E-state index contributed by atoms with van der Waals surface area (Å²) in [6.45, 7) is 0. The molecule has 0 aliphatic carbocycles. The molecule has 3 N–H and O–H groups in total. The summed E-state index contributed by atoms with van der Waals surface area (Å²) in [5, 5.41) is 8.61. The number of rotatable bonds is 5. The number of carboxylic acid groups (broad SMARTS) is 1. The van der Waals surface area contributed by atoms with Crippen LogP contribution >= 0.6 is 0 Å². The molecule has 1 atom stereocenters. The molecule has 94 valence electrons. The number of hydrogen-bond acceptors (Lipinski definition) is 4. The van der Waals surface area contributed by atoms with E-state index in [1.807, 2.05) is 0 Å². The van der Waals surface area contributed by atoms with Crippen molar-refractivity contribution in [3.63, 3.8) is 0 Å². The SMILES string of the molecule is CS(=O)(=O)c1ccc(CCC(N)C(=O)O)cc1. The van der Waals surface area contributed by atoms with E-state index in [0.717, 1.165) is 11.8 Å². The molecule has 1 rings (SSSR count). The second kappa shape index (κ2) is 5.29. The van der Waals surface area contributed by atoms with Gasteiger partial charge >= 0.3 is 5.97 Å². The van der Waals surface area contributed by atoms with E-state index in [0.29, 0.717) is 12.8 Å². The van der Waals surface area contributed by atoms with Crippen LogP contribution in [0, 0.1) is 0 Å². The van der Waals surface area contributed by atoms with Gasteiger partial charge in [0.2, 0.25) is 0 Å². The highest BCUT2D eigenvalue weighted by atomic mass is 32.2. The van der Waals surface area contributed by atoms with Crippen molar-refractivity contribution >= 4 is 15.8 Å². The number of sulfone groups is 1. The second-order valence-corrected chi connectivity index (χ2v) is 5.92. The van der Waals surface area contributed by atoms with Gasteiger partial charge in [-0.2, -0.15) is 0 Å². The minimum atomic E-state index is -3.18. The van der Waals surface area contributed by atoms with Crippen LogP contribution in [0.15, 0.2) is 29.2 Å². The molecule has 1 aromatic rings. The van der Waals surface area contributed by atoms with Crippen LogP contribution in [0.1, 0.15) is 12.0 Å². The number of hydrogen-bond donors (Lipinski definition) is 2. The summed E-state index contributed by atoms with van der Waals surface area (Å²) < 4.78 is 22.4. The highest BCUT2D eigenvalue weighted by Gasteiger charge is 2.11. The fraction of sp³-hybridized carbons (Fsp3) is 0.364. The predicted molar refractivity (Wildman–Crippen MR) is 63.5 cm³/mol. The van der Waals surface area contributed by atoms with Gasteiger partial charge in [-0.05, 0) is 30.5 Å². The Morgan fingerprint density at radius 1 is 1.35 bits per heavy atom. The largest absolute Gasteiger partial charge is 0.480 e. The van der Waals surface area contributed by atoms with Crippen molar-refractivity contribution in [1.29, 1.82) is 0 Å². The van der Waals surface area contributed by atoms with Crippen molar-refractivity contribution in [3.05, 3.63) is 29.8 Å². The zero-order valence-corrected chi connectivity index (χ0v) is 10.3. The van der Waals surface area contributed by atoms with Gasteiger partial charge in [0, 0.05) is 6.26 Å². The molecule has 0 saturated carbocycles. The van der Waals surface area contributed by atoms with E-state index in [2.05, 4.69) is 0 Å². The molecule has 0 aliphatic heterocycles. The molecule has 6 heteroatoms. The van der Waals surface area contributed by atoms with Crippen molar-refractivity contribution in [3.8, 4) is 0 Å². The Morgan fingerprint density at radius 2 is 1.88 bits per heavy atom. The Kier molecular flexibility index (Phi) is 4.25. The fourth-order valence-corrected chi connectivity index (χ4v) is 1.98. The smallest absolute Gasteiger partial charge is 0.320 e. The van der Waals surface area contributed by atoms with Crippen molar-refractivity contribution in [2.45, 2.75) is 23.8 Å². The summed E-state index contributed by atoms with van der Waals surface area (Å²) in [5.41, 5.74) is 6.24. The Balaban J connectivity index is 2.67. The van der Waals surface area contributed by atoms with Crippen LogP contribution in [0.5, 0.6) is 0 Å². The zero-order valence-electron chi connectivity index (χ0n) is 9.46. The second-order valence-electron chi connectivity index (χ2n) is 3.90. The number of carboxylic acids is 1. The molecule has 0 fully saturated rings. The summed E-state index contributed by atoms with van der Waals surface area (Å²) in [5.74, 6) is -1.03. The first-order valence-corrected chi connectivity index (χ1v) is 6.97. The van der Waals surface area contributed by atoms with Gasteiger partial charge in [0.15, 0.2) is 9.84 Å². The summed E-state index contributed by atoms with van der Waals surface area (Å²) in [7, 11) is -3.18. The molecule has 0 aliphatic rings. The average molecular weight is 257 g/mol. The molecule has 0 heterocycles. The maximum atomic E-state index is 11.2. The van der Waals surface area contributed by atoms with E-state index < -0.39 is 21.8 Å². The molecule has 0 aromatic heterocycles. The van der Waals surface area contributed by atoms with Gasteiger partial charge in [-0.3, -0.25) is 4.79 Å². The van der Waals surface area contributed by atoms with Gasteiger partial charge in [-0.25, -0.2) is 8.42 Å². The van der Waals surface area contributed by atoms with Gasteiger partial charge < -0.3 is 10.8 Å². The lowest BCUT2D eigenvalue weighted by Crippen LogP contribution is -2.30. The molecule has 1 unspecified atom stereocenters. The number of benzene rings is 1. The van der Waals surface area contributed by atoms with Crippen LogP contribution < -0.4 is 5.73 Å². The first-order valence-electron chi connectivity index (χ1n) is 5.08. The maximum absolute atomic E-state index is 11.2. The Labute approximate surface area is 100 Å². The van der Waals surface area contributed by atoms with Crippen LogP contribution in [-0.2, 0) is 21.1 Å². The molecule has 0 amide bonds. The Hall–Kier alpha value is -1.40. The summed E-state index contributed by atoms with van der Waals surface area (Å²) >= 11 is 0. The molecule has 0 saturated heterocycles. The van der Waals surface area contributed by atoms with Crippen LogP contribution in [0.25, 0.3) is 0 Å². The normalized spacial score (nSPS) is 13.3. The zero-order chi connectivity index (χ0) is 13.1. The Morgan fingerprint density at radius 3 is 2.29 bits per heavy atom. The van der Waals surface area contributed by atoms with Gasteiger partial charge in [-0.15, -0.1) is 0 Å². The molecular formula is C11H15NO4S. The number of carbonyl (C=O) groups is 1.